The fourth-order valence-electron chi connectivity index (χ4n) is 3.57. The summed E-state index contributed by atoms with van der Waals surface area (Å²) in [7, 11) is -3.73. The number of carbonyl (C=O) groups excluding carboxylic acids is 1. The number of rotatable bonds is 4. The maximum absolute atomic E-state index is 13.0. The molecule has 1 amide bonds. The Balaban J connectivity index is 1.63. The molecular formula is C23H21BrN2O3S. The molecule has 0 aliphatic carbocycles. The molecule has 1 heterocycles. The van der Waals surface area contributed by atoms with Crippen LogP contribution in [0.5, 0.6) is 0 Å². The van der Waals surface area contributed by atoms with Crippen molar-refractivity contribution in [2.75, 3.05) is 16.2 Å². The second-order valence-corrected chi connectivity index (χ2v) is 9.93. The van der Waals surface area contributed by atoms with Crippen molar-refractivity contribution in [1.29, 1.82) is 0 Å². The average molecular weight is 485 g/mol. The molecule has 3 aromatic rings. The van der Waals surface area contributed by atoms with Crippen molar-refractivity contribution in [3.05, 3.63) is 87.9 Å². The van der Waals surface area contributed by atoms with Crippen LogP contribution in [-0.2, 0) is 16.4 Å². The molecule has 0 fully saturated rings. The zero-order valence-electron chi connectivity index (χ0n) is 16.4. The number of halogens is 1. The van der Waals surface area contributed by atoms with Gasteiger partial charge >= 0.3 is 0 Å². The first-order chi connectivity index (χ1) is 14.3. The van der Waals surface area contributed by atoms with Gasteiger partial charge in [-0.1, -0.05) is 39.7 Å². The number of nitrogens with zero attached hydrogens (tertiary/aromatic N) is 1. The van der Waals surface area contributed by atoms with E-state index in [9.17, 15) is 13.2 Å². The lowest BCUT2D eigenvalue weighted by atomic mass is 10.0. The Morgan fingerprint density at radius 1 is 1.03 bits per heavy atom. The van der Waals surface area contributed by atoms with Gasteiger partial charge in [-0.3, -0.25) is 9.52 Å². The molecule has 0 unspecified atom stereocenters. The Morgan fingerprint density at radius 3 is 2.53 bits per heavy atom. The zero-order chi connectivity index (χ0) is 21.3. The minimum Gasteiger partial charge on any atom is -0.308 e. The molecule has 0 atom stereocenters. The topological polar surface area (TPSA) is 66.5 Å². The second-order valence-electron chi connectivity index (χ2n) is 7.33. The van der Waals surface area contributed by atoms with Crippen LogP contribution in [0.3, 0.4) is 0 Å². The average Bonchev–Trinajstić information content (AvgIpc) is 2.72. The molecule has 0 saturated heterocycles. The van der Waals surface area contributed by atoms with Crippen molar-refractivity contribution >= 4 is 43.2 Å². The van der Waals surface area contributed by atoms with Gasteiger partial charge in [-0.2, -0.15) is 0 Å². The van der Waals surface area contributed by atoms with Gasteiger partial charge in [0.15, 0.2) is 0 Å². The van der Waals surface area contributed by atoms with Crippen LogP contribution in [0.15, 0.2) is 76.1 Å². The molecule has 5 nitrogen and oxygen atoms in total. The zero-order valence-corrected chi connectivity index (χ0v) is 18.8. The van der Waals surface area contributed by atoms with Gasteiger partial charge in [0.2, 0.25) is 0 Å². The van der Waals surface area contributed by atoms with Crippen LogP contribution >= 0.6 is 15.9 Å². The third-order valence-corrected chi connectivity index (χ3v) is 6.97. The first kappa shape index (κ1) is 20.6. The summed E-state index contributed by atoms with van der Waals surface area (Å²) in [4.78, 5) is 14.9. The molecule has 0 saturated carbocycles. The highest BCUT2D eigenvalue weighted by molar-refractivity contribution is 9.10. The number of carbonyl (C=O) groups is 1. The van der Waals surface area contributed by atoms with E-state index in [1.54, 1.807) is 41.3 Å². The molecule has 7 heteroatoms. The number of benzene rings is 3. The number of amides is 1. The molecule has 3 aromatic carbocycles. The van der Waals surface area contributed by atoms with E-state index >= 15 is 0 Å². The van der Waals surface area contributed by atoms with E-state index in [4.69, 9.17) is 0 Å². The molecule has 0 radical (unpaired) electrons. The highest BCUT2D eigenvalue weighted by Gasteiger charge is 2.25. The standard InChI is InChI=1S/C23H21BrN2O3S/c1-16-7-9-17(10-8-16)23(27)26-13-3-4-18-14-21(11-12-22(18)26)30(28,29)25-20-6-2-5-19(24)15-20/h2,5-12,14-15,25H,3-4,13H2,1H3. The van der Waals surface area contributed by atoms with Gasteiger partial charge in [-0.25, -0.2) is 8.42 Å². The Labute approximate surface area is 184 Å². The van der Waals surface area contributed by atoms with E-state index in [0.717, 1.165) is 34.1 Å². The van der Waals surface area contributed by atoms with Crippen LogP contribution < -0.4 is 9.62 Å². The number of aryl methyl sites for hydroxylation is 2. The van der Waals surface area contributed by atoms with Crippen molar-refractivity contribution in [1.82, 2.24) is 0 Å². The lowest BCUT2D eigenvalue weighted by Crippen LogP contribution is -2.35. The summed E-state index contributed by atoms with van der Waals surface area (Å²) in [5.74, 6) is -0.0705. The number of hydrogen-bond donors (Lipinski definition) is 1. The predicted octanol–water partition coefficient (Wildman–Crippen LogP) is 5.15. The van der Waals surface area contributed by atoms with Gasteiger partial charge in [-0.05, 0) is 73.9 Å². The molecule has 0 spiro atoms. The van der Waals surface area contributed by atoms with Crippen LogP contribution in [0.25, 0.3) is 0 Å². The van der Waals surface area contributed by atoms with E-state index in [2.05, 4.69) is 20.7 Å². The molecule has 1 aliphatic heterocycles. The molecule has 1 N–H and O–H groups in total. The molecule has 154 valence electrons. The normalized spacial score (nSPS) is 13.6. The third-order valence-electron chi connectivity index (χ3n) is 5.10. The number of hydrogen-bond acceptors (Lipinski definition) is 3. The number of sulfonamides is 1. The van der Waals surface area contributed by atoms with Gasteiger partial charge in [0.1, 0.15) is 0 Å². The van der Waals surface area contributed by atoms with Gasteiger partial charge in [0, 0.05) is 28.0 Å². The summed E-state index contributed by atoms with van der Waals surface area (Å²) < 4.78 is 29.1. The molecule has 1 aliphatic rings. The monoisotopic (exact) mass is 484 g/mol. The maximum atomic E-state index is 13.0. The summed E-state index contributed by atoms with van der Waals surface area (Å²) in [5.41, 5.74) is 3.84. The minimum atomic E-state index is -3.73. The van der Waals surface area contributed by atoms with Crippen molar-refractivity contribution in [2.24, 2.45) is 0 Å². The van der Waals surface area contributed by atoms with Crippen molar-refractivity contribution in [3.8, 4) is 0 Å². The summed E-state index contributed by atoms with van der Waals surface area (Å²) in [6, 6.07) is 19.4. The van der Waals surface area contributed by atoms with Crippen LogP contribution in [-0.4, -0.2) is 20.9 Å². The van der Waals surface area contributed by atoms with Crippen LogP contribution in [0.4, 0.5) is 11.4 Å². The van der Waals surface area contributed by atoms with Crippen molar-refractivity contribution < 1.29 is 13.2 Å². The molecular weight excluding hydrogens is 464 g/mol. The van der Waals surface area contributed by atoms with Gasteiger partial charge in [0.05, 0.1) is 4.90 Å². The maximum Gasteiger partial charge on any atom is 0.261 e. The molecule has 0 bridgehead atoms. The summed E-state index contributed by atoms with van der Waals surface area (Å²) in [5, 5.41) is 0. The SMILES string of the molecule is Cc1ccc(C(=O)N2CCCc3cc(S(=O)(=O)Nc4cccc(Br)c4)ccc32)cc1. The number of anilines is 2. The Morgan fingerprint density at radius 2 is 1.80 bits per heavy atom. The third kappa shape index (κ3) is 4.27. The Bertz CT molecular complexity index is 1210. The molecule has 0 aromatic heterocycles. The fraction of sp³-hybridized carbons (Fsp3) is 0.174. The summed E-state index contributed by atoms with van der Waals surface area (Å²) >= 11 is 3.35. The lowest BCUT2D eigenvalue weighted by Gasteiger charge is -2.30. The quantitative estimate of drug-likeness (QED) is 0.556. The van der Waals surface area contributed by atoms with Crippen molar-refractivity contribution in [2.45, 2.75) is 24.7 Å². The van der Waals surface area contributed by atoms with Gasteiger partial charge in [-0.15, -0.1) is 0 Å². The van der Waals surface area contributed by atoms with Gasteiger partial charge in [0.25, 0.3) is 15.9 Å². The smallest absolute Gasteiger partial charge is 0.261 e. The van der Waals surface area contributed by atoms with E-state index in [1.165, 1.54) is 0 Å². The van der Waals surface area contributed by atoms with Crippen LogP contribution in [0.1, 0.15) is 27.9 Å². The molecule has 4 rings (SSSR count). The number of fused-ring (bicyclic) bond motifs is 1. The van der Waals surface area contributed by atoms with E-state index in [0.29, 0.717) is 17.8 Å². The Hall–Kier alpha value is -2.64. The van der Waals surface area contributed by atoms with E-state index in [1.807, 2.05) is 37.3 Å². The fourth-order valence-corrected chi connectivity index (χ4v) is 5.07. The molecule has 30 heavy (non-hydrogen) atoms. The summed E-state index contributed by atoms with van der Waals surface area (Å²) in [6.07, 6.45) is 1.51. The first-order valence-electron chi connectivity index (χ1n) is 9.63. The lowest BCUT2D eigenvalue weighted by molar-refractivity contribution is 0.0985. The number of nitrogens with one attached hydrogen (secondary N) is 1. The highest BCUT2D eigenvalue weighted by atomic mass is 79.9. The van der Waals surface area contributed by atoms with Gasteiger partial charge < -0.3 is 4.90 Å². The Kier molecular flexibility index (Phi) is 5.66. The predicted molar refractivity (Wildman–Crippen MR) is 123 cm³/mol. The highest BCUT2D eigenvalue weighted by Crippen LogP contribution is 2.31. The van der Waals surface area contributed by atoms with Crippen molar-refractivity contribution in [3.63, 3.8) is 0 Å². The van der Waals surface area contributed by atoms with E-state index < -0.39 is 10.0 Å². The van der Waals surface area contributed by atoms with Crippen LogP contribution in [0, 0.1) is 6.92 Å². The second kappa shape index (κ2) is 8.24. The summed E-state index contributed by atoms with van der Waals surface area (Å²) in [6.45, 7) is 2.59. The minimum absolute atomic E-state index is 0.0705. The van der Waals surface area contributed by atoms with E-state index in [-0.39, 0.29) is 10.8 Å². The largest absolute Gasteiger partial charge is 0.308 e. The first-order valence-corrected chi connectivity index (χ1v) is 11.9. The van der Waals surface area contributed by atoms with Crippen LogP contribution in [0.2, 0.25) is 0 Å².